The number of aryl methyl sites for hydroxylation is 1. The highest BCUT2D eigenvalue weighted by Gasteiger charge is 2.34. The van der Waals surface area contributed by atoms with E-state index >= 15 is 0 Å². The summed E-state index contributed by atoms with van der Waals surface area (Å²) in [6.45, 7) is 1.95. The van der Waals surface area contributed by atoms with Crippen LogP contribution in [0.3, 0.4) is 0 Å². The molecule has 0 radical (unpaired) electrons. The molecule has 9 heteroatoms. The second-order valence-corrected chi connectivity index (χ2v) is 9.22. The maximum Gasteiger partial charge on any atom is 0.329 e. The largest absolute Gasteiger partial charge is 0.329 e. The van der Waals surface area contributed by atoms with Gasteiger partial charge in [-0.3, -0.25) is 19.6 Å². The summed E-state index contributed by atoms with van der Waals surface area (Å²) in [6.07, 6.45) is 1.41. The molecule has 2 heterocycles. The molecule has 1 aliphatic rings. The molecule has 0 aliphatic carbocycles. The molecule has 0 unspecified atom stereocenters. The van der Waals surface area contributed by atoms with Crippen LogP contribution in [0.2, 0.25) is 10.0 Å². The lowest BCUT2D eigenvalue weighted by Crippen LogP contribution is -2.30. The molecule has 7 nitrogen and oxygen atoms in total. The standard InChI is InChI=1S/C27H20Cl2N4O3/c1-16-5-2-3-8-23(16)33-25(34)21(24(31-33)18-9-11-19(28)12-10-18)14-22-26(35)32(27(36)30-22)15-17-6-4-7-20(29)13-17/h2-14,31H,15H2,1H3,(H,30,36)/b22-14-. The fourth-order valence-electron chi connectivity index (χ4n) is 4.08. The average Bonchev–Trinajstić information content (AvgIpc) is 3.31. The van der Waals surface area contributed by atoms with Crippen molar-refractivity contribution in [1.82, 2.24) is 20.0 Å². The van der Waals surface area contributed by atoms with Crippen LogP contribution < -0.4 is 10.9 Å². The van der Waals surface area contributed by atoms with Gasteiger partial charge in [0.25, 0.3) is 11.5 Å². The first-order valence-electron chi connectivity index (χ1n) is 11.1. The van der Waals surface area contributed by atoms with Crippen molar-refractivity contribution < 1.29 is 9.59 Å². The number of amides is 3. The van der Waals surface area contributed by atoms with Gasteiger partial charge in [0, 0.05) is 15.6 Å². The maximum atomic E-state index is 13.6. The minimum absolute atomic E-state index is 0.00488. The van der Waals surface area contributed by atoms with E-state index in [1.807, 2.05) is 31.2 Å². The van der Waals surface area contributed by atoms with Gasteiger partial charge >= 0.3 is 6.03 Å². The third kappa shape index (κ3) is 4.46. The number of rotatable bonds is 5. The molecule has 0 saturated carbocycles. The Morgan fingerprint density at radius 2 is 1.64 bits per heavy atom. The van der Waals surface area contributed by atoms with Gasteiger partial charge in [0.05, 0.1) is 23.5 Å². The number of H-pyrrole nitrogens is 1. The van der Waals surface area contributed by atoms with Crippen molar-refractivity contribution in [2.75, 3.05) is 0 Å². The Morgan fingerprint density at radius 1 is 0.889 bits per heavy atom. The molecule has 0 spiro atoms. The molecule has 1 saturated heterocycles. The van der Waals surface area contributed by atoms with Crippen molar-refractivity contribution in [3.05, 3.63) is 116 Å². The van der Waals surface area contributed by atoms with Crippen LogP contribution in [-0.4, -0.2) is 26.6 Å². The normalized spacial score (nSPS) is 14.5. The highest BCUT2D eigenvalue weighted by molar-refractivity contribution is 6.31. The summed E-state index contributed by atoms with van der Waals surface area (Å²) in [5.74, 6) is -0.537. The maximum absolute atomic E-state index is 13.6. The highest BCUT2D eigenvalue weighted by atomic mass is 35.5. The van der Waals surface area contributed by atoms with Crippen LogP contribution in [0.25, 0.3) is 23.0 Å². The number of aromatic nitrogens is 2. The van der Waals surface area contributed by atoms with Gasteiger partial charge in [-0.15, -0.1) is 0 Å². The Morgan fingerprint density at radius 3 is 2.36 bits per heavy atom. The monoisotopic (exact) mass is 518 g/mol. The predicted molar refractivity (Wildman–Crippen MR) is 140 cm³/mol. The fourth-order valence-corrected chi connectivity index (χ4v) is 4.42. The van der Waals surface area contributed by atoms with Crippen molar-refractivity contribution in [1.29, 1.82) is 0 Å². The number of nitrogens with zero attached hydrogens (tertiary/aromatic N) is 2. The third-order valence-electron chi connectivity index (χ3n) is 5.90. The van der Waals surface area contributed by atoms with Crippen LogP contribution in [0, 0.1) is 6.92 Å². The van der Waals surface area contributed by atoms with E-state index in [0.717, 1.165) is 10.5 Å². The second kappa shape index (κ2) is 9.53. The van der Waals surface area contributed by atoms with Gasteiger partial charge in [0.1, 0.15) is 5.70 Å². The van der Waals surface area contributed by atoms with E-state index in [2.05, 4.69) is 10.4 Å². The van der Waals surface area contributed by atoms with Crippen LogP contribution in [0.4, 0.5) is 4.79 Å². The topological polar surface area (TPSA) is 87.2 Å². The number of halogens is 2. The van der Waals surface area contributed by atoms with Crippen molar-refractivity contribution in [3.63, 3.8) is 0 Å². The Bertz CT molecular complexity index is 1590. The first-order chi connectivity index (χ1) is 17.3. The summed E-state index contributed by atoms with van der Waals surface area (Å²) in [6, 6.07) is 20.8. The van der Waals surface area contributed by atoms with Gasteiger partial charge in [-0.05, 0) is 54.5 Å². The van der Waals surface area contributed by atoms with Crippen LogP contribution in [-0.2, 0) is 11.3 Å². The number of benzene rings is 3. The smallest absolute Gasteiger partial charge is 0.303 e. The molecule has 0 bridgehead atoms. The third-order valence-corrected chi connectivity index (χ3v) is 6.38. The van der Waals surface area contributed by atoms with Gasteiger partial charge in [-0.1, -0.05) is 65.7 Å². The lowest BCUT2D eigenvalue weighted by molar-refractivity contribution is -0.123. The van der Waals surface area contributed by atoms with Crippen molar-refractivity contribution in [2.45, 2.75) is 13.5 Å². The van der Waals surface area contributed by atoms with E-state index in [-0.39, 0.29) is 23.4 Å². The molecular formula is C27H20Cl2N4O3. The van der Waals surface area contributed by atoms with E-state index in [1.165, 1.54) is 10.8 Å². The Hall–Kier alpha value is -4.07. The zero-order chi connectivity index (χ0) is 25.4. The summed E-state index contributed by atoms with van der Waals surface area (Å²) < 4.78 is 1.43. The molecule has 1 aliphatic heterocycles. The van der Waals surface area contributed by atoms with Gasteiger partial charge in [0.2, 0.25) is 0 Å². The average molecular weight is 519 g/mol. The van der Waals surface area contributed by atoms with Gasteiger partial charge < -0.3 is 5.32 Å². The zero-order valence-electron chi connectivity index (χ0n) is 19.1. The SMILES string of the molecule is Cc1ccccc1-n1[nH]c(-c2ccc(Cl)cc2)c(/C=C2\NC(=O)N(Cc3cccc(Cl)c3)C2=O)c1=O. The van der Waals surface area contributed by atoms with Gasteiger partial charge in [0.15, 0.2) is 0 Å². The highest BCUT2D eigenvalue weighted by Crippen LogP contribution is 2.26. The Labute approximate surface area is 216 Å². The molecule has 36 heavy (non-hydrogen) atoms. The van der Waals surface area contributed by atoms with Crippen LogP contribution in [0.5, 0.6) is 0 Å². The molecule has 180 valence electrons. The van der Waals surface area contributed by atoms with Crippen LogP contribution in [0.1, 0.15) is 16.7 Å². The molecular weight excluding hydrogens is 499 g/mol. The molecule has 4 aromatic rings. The number of imide groups is 1. The minimum Gasteiger partial charge on any atom is -0.303 e. The van der Waals surface area contributed by atoms with Crippen LogP contribution in [0.15, 0.2) is 83.3 Å². The second-order valence-electron chi connectivity index (χ2n) is 8.34. The number of urea groups is 1. The fraction of sp³-hybridized carbons (Fsp3) is 0.0741. The van der Waals surface area contributed by atoms with Crippen LogP contribution >= 0.6 is 23.2 Å². The number of aromatic amines is 1. The van der Waals surface area contributed by atoms with E-state index in [9.17, 15) is 14.4 Å². The first kappa shape index (κ1) is 23.7. The van der Waals surface area contributed by atoms with Crippen molar-refractivity contribution in [2.24, 2.45) is 0 Å². The van der Waals surface area contributed by atoms with Gasteiger partial charge in [-0.2, -0.15) is 0 Å². The number of para-hydroxylation sites is 1. The zero-order valence-corrected chi connectivity index (χ0v) is 20.6. The number of hydrogen-bond donors (Lipinski definition) is 2. The number of nitrogens with one attached hydrogen (secondary N) is 2. The minimum atomic E-state index is -0.575. The van der Waals surface area contributed by atoms with Crippen molar-refractivity contribution >= 4 is 41.2 Å². The number of hydrogen-bond acceptors (Lipinski definition) is 3. The molecule has 1 fully saturated rings. The summed E-state index contributed by atoms with van der Waals surface area (Å²) in [7, 11) is 0. The molecule has 5 rings (SSSR count). The number of carbonyl (C=O) groups is 2. The molecule has 3 aromatic carbocycles. The Balaban J connectivity index is 1.59. The van der Waals surface area contributed by atoms with E-state index < -0.39 is 11.9 Å². The molecule has 2 N–H and O–H groups in total. The quantitative estimate of drug-likeness (QED) is 0.268. The summed E-state index contributed by atoms with van der Waals surface area (Å²) in [5.41, 5.74) is 3.33. The number of carbonyl (C=O) groups excluding carboxylic acids is 2. The lowest BCUT2D eigenvalue weighted by Gasteiger charge is -2.11. The van der Waals surface area contributed by atoms with E-state index in [1.54, 1.807) is 48.5 Å². The van der Waals surface area contributed by atoms with Gasteiger partial charge in [-0.25, -0.2) is 9.48 Å². The Kier molecular flexibility index (Phi) is 6.26. The molecule has 3 amide bonds. The van der Waals surface area contributed by atoms with Crippen molar-refractivity contribution in [3.8, 4) is 16.9 Å². The summed E-state index contributed by atoms with van der Waals surface area (Å²) in [5, 5.41) is 6.82. The summed E-state index contributed by atoms with van der Waals surface area (Å²) in [4.78, 5) is 40.4. The predicted octanol–water partition coefficient (Wildman–Crippen LogP) is 5.54. The lowest BCUT2D eigenvalue weighted by atomic mass is 10.1. The molecule has 1 aromatic heterocycles. The van der Waals surface area contributed by atoms with E-state index in [4.69, 9.17) is 23.2 Å². The first-order valence-corrected chi connectivity index (χ1v) is 11.8. The molecule has 0 atom stereocenters. The summed E-state index contributed by atoms with van der Waals surface area (Å²) >= 11 is 12.1. The van der Waals surface area contributed by atoms with E-state index in [0.29, 0.717) is 32.6 Å².